The lowest BCUT2D eigenvalue weighted by atomic mass is 9.90. The monoisotopic (exact) mass is 294 g/mol. The summed E-state index contributed by atoms with van der Waals surface area (Å²) in [4.78, 5) is 2.48. The van der Waals surface area contributed by atoms with E-state index in [9.17, 15) is 0 Å². The summed E-state index contributed by atoms with van der Waals surface area (Å²) < 4.78 is 0. The number of nitrogens with two attached hydrogens (primary N) is 1. The Morgan fingerprint density at radius 1 is 1.50 bits per heavy atom. The second-order valence-electron chi connectivity index (χ2n) is 6.29. The van der Waals surface area contributed by atoms with Gasteiger partial charge in [0, 0.05) is 23.1 Å². The van der Waals surface area contributed by atoms with Gasteiger partial charge >= 0.3 is 0 Å². The molecule has 0 heterocycles. The molecule has 1 aliphatic rings. The Kier molecular flexibility index (Phi) is 5.11. The summed E-state index contributed by atoms with van der Waals surface area (Å²) in [6, 6.07) is 8.52. The van der Waals surface area contributed by atoms with Gasteiger partial charge in [-0.1, -0.05) is 37.1 Å². The Balaban J connectivity index is 2.18. The lowest BCUT2D eigenvalue weighted by molar-refractivity contribution is 0.0854. The van der Waals surface area contributed by atoms with E-state index in [0.29, 0.717) is 6.04 Å². The molecule has 0 aliphatic heterocycles. The summed E-state index contributed by atoms with van der Waals surface area (Å²) in [5.41, 5.74) is 7.59. The van der Waals surface area contributed by atoms with Crippen molar-refractivity contribution in [3.63, 3.8) is 0 Å². The average molecular weight is 295 g/mol. The fraction of sp³-hybridized carbons (Fsp3) is 0.647. The van der Waals surface area contributed by atoms with Crippen LogP contribution in [0.15, 0.2) is 24.3 Å². The highest BCUT2D eigenvalue weighted by Crippen LogP contribution is 2.42. The molecule has 2 N–H and O–H groups in total. The molecule has 1 saturated carbocycles. The predicted octanol–water partition coefficient (Wildman–Crippen LogP) is 4.24. The van der Waals surface area contributed by atoms with Crippen LogP contribution in [0.4, 0.5) is 0 Å². The van der Waals surface area contributed by atoms with Crippen LogP contribution in [0.5, 0.6) is 0 Å². The van der Waals surface area contributed by atoms with E-state index >= 15 is 0 Å². The number of hydrogen-bond acceptors (Lipinski definition) is 2. The lowest BCUT2D eigenvalue weighted by Gasteiger charge is -2.42. The SMILES string of the molecule is CCC1CCC(CN)(N(C)C(C)c2cccc(Cl)c2)C1. The molecule has 2 rings (SSSR count). The second kappa shape index (κ2) is 6.46. The minimum Gasteiger partial charge on any atom is -0.329 e. The first-order valence-electron chi connectivity index (χ1n) is 7.71. The highest BCUT2D eigenvalue weighted by Gasteiger charge is 2.42. The zero-order valence-corrected chi connectivity index (χ0v) is 13.7. The van der Waals surface area contributed by atoms with Crippen LogP contribution < -0.4 is 5.73 Å². The molecule has 0 bridgehead atoms. The zero-order chi connectivity index (χ0) is 14.8. The molecule has 3 heteroatoms. The Hall–Kier alpha value is -0.570. The van der Waals surface area contributed by atoms with E-state index in [1.807, 2.05) is 12.1 Å². The minimum absolute atomic E-state index is 0.155. The Labute approximate surface area is 128 Å². The van der Waals surface area contributed by atoms with Crippen molar-refractivity contribution >= 4 is 11.6 Å². The van der Waals surface area contributed by atoms with Crippen LogP contribution in [-0.4, -0.2) is 24.0 Å². The summed E-state index contributed by atoms with van der Waals surface area (Å²) in [5, 5.41) is 0.808. The lowest BCUT2D eigenvalue weighted by Crippen LogP contribution is -2.51. The predicted molar refractivity (Wildman–Crippen MR) is 87.0 cm³/mol. The normalized spacial score (nSPS) is 28.0. The highest BCUT2D eigenvalue weighted by molar-refractivity contribution is 6.30. The third-order valence-corrected chi connectivity index (χ3v) is 5.54. The van der Waals surface area contributed by atoms with Crippen molar-refractivity contribution < 1.29 is 0 Å². The van der Waals surface area contributed by atoms with Gasteiger partial charge in [0.25, 0.3) is 0 Å². The smallest absolute Gasteiger partial charge is 0.0409 e. The quantitative estimate of drug-likeness (QED) is 0.880. The maximum atomic E-state index is 6.16. The van der Waals surface area contributed by atoms with Crippen molar-refractivity contribution in [1.82, 2.24) is 4.90 Å². The van der Waals surface area contributed by atoms with Gasteiger partial charge in [-0.05, 0) is 56.8 Å². The van der Waals surface area contributed by atoms with Gasteiger partial charge in [0.1, 0.15) is 0 Å². The van der Waals surface area contributed by atoms with Gasteiger partial charge in [-0.15, -0.1) is 0 Å². The van der Waals surface area contributed by atoms with E-state index in [-0.39, 0.29) is 5.54 Å². The molecule has 2 nitrogen and oxygen atoms in total. The Morgan fingerprint density at radius 3 is 2.80 bits per heavy atom. The summed E-state index contributed by atoms with van der Waals surface area (Å²) in [7, 11) is 2.22. The van der Waals surface area contributed by atoms with Gasteiger partial charge in [0.15, 0.2) is 0 Å². The summed E-state index contributed by atoms with van der Waals surface area (Å²) in [6.45, 7) is 5.28. The first-order valence-corrected chi connectivity index (χ1v) is 8.08. The Bertz CT molecular complexity index is 448. The van der Waals surface area contributed by atoms with Crippen molar-refractivity contribution in [2.45, 2.75) is 51.1 Å². The highest BCUT2D eigenvalue weighted by atomic mass is 35.5. The summed E-state index contributed by atoms with van der Waals surface area (Å²) in [5.74, 6) is 0.826. The molecule has 3 unspecified atom stereocenters. The van der Waals surface area contributed by atoms with E-state index in [2.05, 4.69) is 37.9 Å². The van der Waals surface area contributed by atoms with Crippen LogP contribution in [0.2, 0.25) is 5.02 Å². The fourth-order valence-corrected chi connectivity index (χ4v) is 3.81. The van der Waals surface area contributed by atoms with Gasteiger partial charge in [-0.25, -0.2) is 0 Å². The third kappa shape index (κ3) is 3.03. The zero-order valence-electron chi connectivity index (χ0n) is 12.9. The average Bonchev–Trinajstić information content (AvgIpc) is 2.90. The van der Waals surface area contributed by atoms with Crippen molar-refractivity contribution in [2.24, 2.45) is 11.7 Å². The minimum atomic E-state index is 0.155. The number of hydrogen-bond donors (Lipinski definition) is 1. The molecule has 0 aromatic heterocycles. The van der Waals surface area contributed by atoms with Crippen molar-refractivity contribution in [3.8, 4) is 0 Å². The Morgan fingerprint density at radius 2 is 2.25 bits per heavy atom. The second-order valence-corrected chi connectivity index (χ2v) is 6.72. The van der Waals surface area contributed by atoms with Crippen LogP contribution >= 0.6 is 11.6 Å². The summed E-state index contributed by atoms with van der Waals surface area (Å²) >= 11 is 6.12. The number of rotatable bonds is 5. The van der Waals surface area contributed by atoms with E-state index in [1.165, 1.54) is 31.2 Å². The molecule has 1 aliphatic carbocycles. The topological polar surface area (TPSA) is 29.3 Å². The van der Waals surface area contributed by atoms with Crippen molar-refractivity contribution in [2.75, 3.05) is 13.6 Å². The molecule has 0 amide bonds. The van der Waals surface area contributed by atoms with Crippen molar-refractivity contribution in [3.05, 3.63) is 34.9 Å². The van der Waals surface area contributed by atoms with Crippen LogP contribution in [0.25, 0.3) is 0 Å². The van der Waals surface area contributed by atoms with Gasteiger partial charge in [0.05, 0.1) is 0 Å². The van der Waals surface area contributed by atoms with Gasteiger partial charge < -0.3 is 5.73 Å². The summed E-state index contributed by atoms with van der Waals surface area (Å²) in [6.07, 6.45) is 5.01. The van der Waals surface area contributed by atoms with E-state index in [4.69, 9.17) is 17.3 Å². The van der Waals surface area contributed by atoms with Gasteiger partial charge in [-0.2, -0.15) is 0 Å². The first-order chi connectivity index (χ1) is 9.52. The first kappa shape index (κ1) is 15.8. The van der Waals surface area contributed by atoms with Crippen LogP contribution in [0.3, 0.4) is 0 Å². The maximum absolute atomic E-state index is 6.16. The molecule has 3 atom stereocenters. The van der Waals surface area contributed by atoms with Crippen LogP contribution in [0, 0.1) is 5.92 Å². The molecule has 112 valence electrons. The van der Waals surface area contributed by atoms with Gasteiger partial charge in [0.2, 0.25) is 0 Å². The number of benzene rings is 1. The molecule has 1 aromatic rings. The standard InChI is InChI=1S/C17H27ClN2/c1-4-14-8-9-17(11-14,12-19)20(3)13(2)15-6-5-7-16(18)10-15/h5-7,10,13-14H,4,8-9,11-12,19H2,1-3H3. The number of halogens is 1. The van der Waals surface area contributed by atoms with Crippen LogP contribution in [0.1, 0.15) is 51.1 Å². The molecule has 0 saturated heterocycles. The largest absolute Gasteiger partial charge is 0.329 e. The molecule has 0 radical (unpaired) electrons. The maximum Gasteiger partial charge on any atom is 0.0409 e. The molecular formula is C17H27ClN2. The number of nitrogens with zero attached hydrogens (tertiary/aromatic N) is 1. The van der Waals surface area contributed by atoms with Crippen molar-refractivity contribution in [1.29, 1.82) is 0 Å². The third-order valence-electron chi connectivity index (χ3n) is 5.30. The molecular weight excluding hydrogens is 268 g/mol. The fourth-order valence-electron chi connectivity index (χ4n) is 3.61. The van der Waals surface area contributed by atoms with Crippen LogP contribution in [-0.2, 0) is 0 Å². The van der Waals surface area contributed by atoms with E-state index in [1.54, 1.807) is 0 Å². The van der Waals surface area contributed by atoms with Gasteiger partial charge in [-0.3, -0.25) is 4.90 Å². The van der Waals surface area contributed by atoms with E-state index < -0.39 is 0 Å². The molecule has 20 heavy (non-hydrogen) atoms. The van der Waals surface area contributed by atoms with E-state index in [0.717, 1.165) is 17.5 Å². The molecule has 1 fully saturated rings. The number of likely N-dealkylation sites (N-methyl/N-ethyl adjacent to an activating group) is 1. The molecule has 0 spiro atoms. The molecule has 1 aromatic carbocycles.